The van der Waals surface area contributed by atoms with Gasteiger partial charge >= 0.3 is 0 Å². The molecule has 0 aromatic carbocycles. The van der Waals surface area contributed by atoms with Crippen molar-refractivity contribution in [2.75, 3.05) is 13.1 Å². The minimum Gasteiger partial charge on any atom is -0.392 e. The minimum atomic E-state index is -0.218. The highest BCUT2D eigenvalue weighted by atomic mass is 16.3. The van der Waals surface area contributed by atoms with Crippen LogP contribution in [0.3, 0.4) is 0 Å². The molecule has 1 N–H and O–H groups in total. The first-order valence-corrected chi connectivity index (χ1v) is 6.70. The first kappa shape index (κ1) is 16.9. The molecule has 0 bridgehead atoms. The van der Waals surface area contributed by atoms with E-state index in [2.05, 4.69) is 30.2 Å². The summed E-state index contributed by atoms with van der Waals surface area (Å²) in [5.41, 5.74) is 1.24. The molecule has 1 rings (SSSR count). The first-order valence-electron chi connectivity index (χ1n) is 6.70. The number of hydrogen-bond donors (Lipinski definition) is 1. The van der Waals surface area contributed by atoms with Crippen molar-refractivity contribution >= 4 is 0 Å². The third-order valence-electron chi connectivity index (χ3n) is 2.90. The predicted octanol–water partition coefficient (Wildman–Crippen LogP) is 3.32. The van der Waals surface area contributed by atoms with Gasteiger partial charge in [-0.2, -0.15) is 0 Å². The number of rotatable bonds is 5. The molecule has 18 heavy (non-hydrogen) atoms. The van der Waals surface area contributed by atoms with Crippen LogP contribution < -0.4 is 0 Å². The van der Waals surface area contributed by atoms with Gasteiger partial charge in [0.1, 0.15) is 0 Å². The molecule has 1 aliphatic rings. The van der Waals surface area contributed by atoms with Crippen LogP contribution in [0, 0.1) is 0 Å². The van der Waals surface area contributed by atoms with E-state index in [-0.39, 0.29) is 6.10 Å². The van der Waals surface area contributed by atoms with Crippen molar-refractivity contribution in [3.63, 3.8) is 0 Å². The van der Waals surface area contributed by atoms with Gasteiger partial charge in [-0.15, -0.1) is 6.58 Å². The Bertz CT molecular complexity index is 304. The summed E-state index contributed by atoms with van der Waals surface area (Å²) in [6, 6.07) is 0.294. The van der Waals surface area contributed by atoms with Gasteiger partial charge < -0.3 is 5.11 Å². The summed E-state index contributed by atoms with van der Waals surface area (Å²) in [5, 5.41) is 9.62. The van der Waals surface area contributed by atoms with Crippen LogP contribution in [0.2, 0.25) is 0 Å². The second-order valence-electron chi connectivity index (χ2n) is 4.08. The van der Waals surface area contributed by atoms with Gasteiger partial charge in [-0.3, -0.25) is 4.90 Å². The lowest BCUT2D eigenvalue weighted by atomic mass is 10.1. The lowest BCUT2D eigenvalue weighted by Crippen LogP contribution is -2.30. The Kier molecular flexibility index (Phi) is 9.25. The highest BCUT2D eigenvalue weighted by molar-refractivity contribution is 5.23. The average molecular weight is 249 g/mol. The van der Waals surface area contributed by atoms with Crippen molar-refractivity contribution in [1.82, 2.24) is 4.90 Å². The third kappa shape index (κ3) is 5.48. The number of allylic oxidation sites excluding steroid dienone is 3. The van der Waals surface area contributed by atoms with Crippen LogP contribution in [0.4, 0.5) is 0 Å². The topological polar surface area (TPSA) is 23.5 Å². The average Bonchev–Trinajstić information content (AvgIpc) is 2.76. The zero-order chi connectivity index (χ0) is 14.0. The Hall–Kier alpha value is -1.12. The summed E-state index contributed by atoms with van der Waals surface area (Å²) in [6.07, 6.45) is 10.3. The quantitative estimate of drug-likeness (QED) is 0.597. The molecule has 2 heteroatoms. The molecule has 0 radical (unpaired) electrons. The lowest BCUT2D eigenvalue weighted by Gasteiger charge is -2.21. The maximum Gasteiger partial charge on any atom is 0.0685 e. The smallest absolute Gasteiger partial charge is 0.0685 e. The van der Waals surface area contributed by atoms with Gasteiger partial charge in [0.05, 0.1) is 6.10 Å². The summed E-state index contributed by atoms with van der Waals surface area (Å²) in [6.45, 7) is 15.1. The first-order chi connectivity index (χ1) is 8.71. The SMILES string of the molecule is C=C/C=C\C(=C/C)CN1CC(O)CC1C=C.CC. The molecule has 0 amide bonds. The van der Waals surface area contributed by atoms with E-state index in [0.29, 0.717) is 6.04 Å². The fraction of sp³-hybridized carbons (Fsp3) is 0.500. The van der Waals surface area contributed by atoms with E-state index in [1.165, 1.54) is 5.57 Å². The van der Waals surface area contributed by atoms with Gasteiger partial charge in [-0.05, 0) is 18.9 Å². The lowest BCUT2D eigenvalue weighted by molar-refractivity contribution is 0.179. The number of likely N-dealkylation sites (tertiary alicyclic amines) is 1. The highest BCUT2D eigenvalue weighted by Gasteiger charge is 2.28. The van der Waals surface area contributed by atoms with Gasteiger partial charge in [0.2, 0.25) is 0 Å². The zero-order valence-corrected chi connectivity index (χ0v) is 12.0. The Morgan fingerprint density at radius 3 is 2.56 bits per heavy atom. The van der Waals surface area contributed by atoms with E-state index < -0.39 is 0 Å². The maximum atomic E-state index is 9.62. The van der Waals surface area contributed by atoms with Crippen LogP contribution >= 0.6 is 0 Å². The van der Waals surface area contributed by atoms with Gasteiger partial charge in [-0.1, -0.05) is 50.8 Å². The molecule has 102 valence electrons. The molecule has 0 aliphatic carbocycles. The second-order valence-corrected chi connectivity index (χ2v) is 4.08. The van der Waals surface area contributed by atoms with E-state index in [0.717, 1.165) is 19.5 Å². The monoisotopic (exact) mass is 249 g/mol. The predicted molar refractivity (Wildman–Crippen MR) is 80.6 cm³/mol. The molecular weight excluding hydrogens is 222 g/mol. The van der Waals surface area contributed by atoms with Gasteiger partial charge in [0, 0.05) is 19.1 Å². The van der Waals surface area contributed by atoms with Crippen LogP contribution in [-0.2, 0) is 0 Å². The van der Waals surface area contributed by atoms with E-state index in [1.54, 1.807) is 6.08 Å². The number of nitrogens with zero attached hydrogens (tertiary/aromatic N) is 1. The fourth-order valence-electron chi connectivity index (χ4n) is 2.00. The molecular formula is C16H27NO. The van der Waals surface area contributed by atoms with Gasteiger partial charge in [0.15, 0.2) is 0 Å². The molecule has 1 saturated heterocycles. The summed E-state index contributed by atoms with van der Waals surface area (Å²) in [7, 11) is 0. The Balaban J connectivity index is 0.00000137. The molecule has 0 aromatic rings. The molecule has 1 fully saturated rings. The normalized spacial score (nSPS) is 24.8. The van der Waals surface area contributed by atoms with Crippen molar-refractivity contribution in [3.8, 4) is 0 Å². The fourth-order valence-corrected chi connectivity index (χ4v) is 2.00. The second kappa shape index (κ2) is 9.86. The molecule has 2 atom stereocenters. The van der Waals surface area contributed by atoms with E-state index in [4.69, 9.17) is 0 Å². The Morgan fingerprint density at radius 2 is 2.06 bits per heavy atom. The standard InChI is InChI=1S/C14H21NO.C2H6/c1-4-7-8-12(5-2)10-15-11-14(16)9-13(15)6-3;1-2/h4-8,13-14,16H,1,3,9-11H2,2H3;1-2H3/b8-7-,12-5+;. The molecule has 0 spiro atoms. The van der Waals surface area contributed by atoms with E-state index in [1.807, 2.05) is 32.9 Å². The van der Waals surface area contributed by atoms with Gasteiger partial charge in [-0.25, -0.2) is 0 Å². The van der Waals surface area contributed by atoms with Crippen molar-refractivity contribution in [2.24, 2.45) is 0 Å². The van der Waals surface area contributed by atoms with Crippen molar-refractivity contribution in [3.05, 3.63) is 49.1 Å². The molecule has 2 nitrogen and oxygen atoms in total. The molecule has 0 aromatic heterocycles. The molecule has 1 aliphatic heterocycles. The minimum absolute atomic E-state index is 0.218. The number of aliphatic hydroxyl groups is 1. The van der Waals surface area contributed by atoms with Crippen LogP contribution in [0.5, 0.6) is 0 Å². The molecule has 0 saturated carbocycles. The summed E-state index contributed by atoms with van der Waals surface area (Å²) >= 11 is 0. The number of hydrogen-bond acceptors (Lipinski definition) is 2. The van der Waals surface area contributed by atoms with Crippen molar-refractivity contribution < 1.29 is 5.11 Å². The zero-order valence-electron chi connectivity index (χ0n) is 12.0. The third-order valence-corrected chi connectivity index (χ3v) is 2.90. The van der Waals surface area contributed by atoms with Crippen LogP contribution in [0.25, 0.3) is 0 Å². The summed E-state index contributed by atoms with van der Waals surface area (Å²) < 4.78 is 0. The Morgan fingerprint density at radius 1 is 1.39 bits per heavy atom. The van der Waals surface area contributed by atoms with Crippen molar-refractivity contribution in [1.29, 1.82) is 0 Å². The Labute approximate surface area is 112 Å². The van der Waals surface area contributed by atoms with E-state index >= 15 is 0 Å². The molecule has 1 heterocycles. The number of β-amino-alcohol motifs (C(OH)–C–C–N with tert-alkyl or cyclic N) is 1. The summed E-state index contributed by atoms with van der Waals surface area (Å²) in [4.78, 5) is 2.25. The van der Waals surface area contributed by atoms with Crippen LogP contribution in [0.15, 0.2) is 49.1 Å². The van der Waals surface area contributed by atoms with Crippen LogP contribution in [-0.4, -0.2) is 35.2 Å². The highest BCUT2D eigenvalue weighted by Crippen LogP contribution is 2.20. The van der Waals surface area contributed by atoms with E-state index in [9.17, 15) is 5.11 Å². The largest absolute Gasteiger partial charge is 0.392 e. The summed E-state index contributed by atoms with van der Waals surface area (Å²) in [5.74, 6) is 0. The van der Waals surface area contributed by atoms with Gasteiger partial charge in [0.25, 0.3) is 0 Å². The van der Waals surface area contributed by atoms with Crippen molar-refractivity contribution in [2.45, 2.75) is 39.3 Å². The maximum absolute atomic E-state index is 9.62. The van der Waals surface area contributed by atoms with Crippen LogP contribution in [0.1, 0.15) is 27.2 Å². The molecule has 2 unspecified atom stereocenters. The number of aliphatic hydroxyl groups excluding tert-OH is 1.